The van der Waals surface area contributed by atoms with Crippen LogP contribution in [0.3, 0.4) is 0 Å². The minimum absolute atomic E-state index is 0.106. The molecule has 68 valence electrons. The van der Waals surface area contributed by atoms with Gasteiger partial charge in [0.05, 0.1) is 16.1 Å². The minimum Gasteiger partial charge on any atom is -0.478 e. The van der Waals surface area contributed by atoms with Crippen molar-refractivity contribution in [3.8, 4) is 0 Å². The standard InChI is InChI=1S/C7H7BO4S/c9-7(10)5-2-1-3-6(4-5)8-13(11)12/h1-4,8,13H,(H,9,10). The third-order valence-electron chi connectivity index (χ3n) is 1.49. The number of rotatable bonds is 3. The van der Waals surface area contributed by atoms with Gasteiger partial charge in [-0.25, -0.2) is 13.2 Å². The van der Waals surface area contributed by atoms with E-state index in [-0.39, 0.29) is 12.1 Å². The number of carboxylic acids is 1. The summed E-state index contributed by atoms with van der Waals surface area (Å²) >= 11 is 0. The molecule has 0 aromatic heterocycles. The fourth-order valence-electron chi connectivity index (χ4n) is 0.952. The van der Waals surface area contributed by atoms with Crippen LogP contribution in [0.2, 0.25) is 0 Å². The summed E-state index contributed by atoms with van der Waals surface area (Å²) < 4.78 is 20.7. The summed E-state index contributed by atoms with van der Waals surface area (Å²) in [5, 5.41) is 8.59. The summed E-state index contributed by atoms with van der Waals surface area (Å²) in [7, 11) is -2.50. The Morgan fingerprint density at radius 3 is 2.62 bits per heavy atom. The Labute approximate surface area is 77.3 Å². The van der Waals surface area contributed by atoms with Crippen LogP contribution in [0.4, 0.5) is 0 Å². The molecule has 0 spiro atoms. The Bertz CT molecular complexity index is 391. The molecule has 13 heavy (non-hydrogen) atoms. The first-order valence-electron chi connectivity index (χ1n) is 3.53. The fraction of sp³-hybridized carbons (Fsp3) is 0. The van der Waals surface area contributed by atoms with Crippen LogP contribution in [0.15, 0.2) is 24.3 Å². The molecule has 0 atom stereocenters. The third-order valence-corrected chi connectivity index (χ3v) is 2.11. The smallest absolute Gasteiger partial charge is 0.335 e. The SMILES string of the molecule is O=C(O)c1cccc(B[SH](=O)=O)c1. The molecule has 4 nitrogen and oxygen atoms in total. The summed E-state index contributed by atoms with van der Waals surface area (Å²) in [5.74, 6) is -1.05. The van der Waals surface area contributed by atoms with Crippen LogP contribution in [0.1, 0.15) is 10.4 Å². The van der Waals surface area contributed by atoms with Crippen LogP contribution in [-0.4, -0.2) is 26.1 Å². The van der Waals surface area contributed by atoms with Crippen molar-refractivity contribution in [2.45, 2.75) is 0 Å². The van der Waals surface area contributed by atoms with Gasteiger partial charge in [-0.05, 0) is 6.07 Å². The molecule has 0 aliphatic carbocycles. The van der Waals surface area contributed by atoms with Crippen molar-refractivity contribution < 1.29 is 18.3 Å². The maximum Gasteiger partial charge on any atom is 0.335 e. The summed E-state index contributed by atoms with van der Waals surface area (Å²) in [6.45, 7) is -0.115. The van der Waals surface area contributed by atoms with E-state index in [2.05, 4.69) is 0 Å². The van der Waals surface area contributed by atoms with Gasteiger partial charge >= 0.3 is 12.5 Å². The largest absolute Gasteiger partial charge is 0.478 e. The first-order valence-corrected chi connectivity index (χ1v) is 4.90. The second-order valence-corrected chi connectivity index (χ2v) is 3.48. The lowest BCUT2D eigenvalue weighted by Gasteiger charge is -1.95. The molecule has 0 heterocycles. The van der Waals surface area contributed by atoms with Gasteiger partial charge in [-0.3, -0.25) is 0 Å². The molecule has 0 unspecified atom stereocenters. The molecule has 0 radical (unpaired) electrons. The normalized spacial score (nSPS) is 9.92. The van der Waals surface area contributed by atoms with E-state index in [0.29, 0.717) is 5.46 Å². The lowest BCUT2D eigenvalue weighted by Crippen LogP contribution is -2.16. The maximum atomic E-state index is 10.5. The number of thiol groups is 1. The fourth-order valence-corrected chi connectivity index (χ4v) is 1.45. The van der Waals surface area contributed by atoms with Crippen LogP contribution in [-0.2, 0) is 10.6 Å². The van der Waals surface area contributed by atoms with Gasteiger partial charge in [0.25, 0.3) is 0 Å². The molecule has 1 rings (SSSR count). The van der Waals surface area contributed by atoms with Gasteiger partial charge in [0.1, 0.15) is 0 Å². The zero-order valence-corrected chi connectivity index (χ0v) is 7.53. The number of hydrogen-bond donors (Lipinski definition) is 2. The van der Waals surface area contributed by atoms with Crippen LogP contribution < -0.4 is 5.46 Å². The highest BCUT2D eigenvalue weighted by Crippen LogP contribution is 1.95. The summed E-state index contributed by atoms with van der Waals surface area (Å²) in [6.07, 6.45) is 0. The van der Waals surface area contributed by atoms with E-state index >= 15 is 0 Å². The number of aromatic carboxylic acids is 1. The van der Waals surface area contributed by atoms with Crippen molar-refractivity contribution in [2.75, 3.05) is 0 Å². The highest BCUT2D eigenvalue weighted by molar-refractivity contribution is 8.01. The Hall–Kier alpha value is -1.30. The minimum atomic E-state index is -2.50. The van der Waals surface area contributed by atoms with Crippen molar-refractivity contribution in [2.24, 2.45) is 0 Å². The molecule has 1 aromatic carbocycles. The number of carbonyl (C=O) groups is 1. The number of hydrogen-bond acceptors (Lipinski definition) is 3. The molecule has 6 heteroatoms. The highest BCUT2D eigenvalue weighted by atomic mass is 32.2. The van der Waals surface area contributed by atoms with E-state index < -0.39 is 16.5 Å². The molecule has 0 saturated carbocycles. The number of carboxylic acid groups (broad SMARTS) is 1. The van der Waals surface area contributed by atoms with Crippen LogP contribution in [0, 0.1) is 0 Å². The van der Waals surface area contributed by atoms with Crippen LogP contribution >= 0.6 is 0 Å². The van der Waals surface area contributed by atoms with Crippen molar-refractivity contribution in [1.82, 2.24) is 0 Å². The predicted molar refractivity (Wildman–Crippen MR) is 50.5 cm³/mol. The molecular weight excluding hydrogens is 191 g/mol. The van der Waals surface area contributed by atoms with E-state index in [0.717, 1.165) is 0 Å². The van der Waals surface area contributed by atoms with Gasteiger partial charge in [-0.2, -0.15) is 0 Å². The van der Waals surface area contributed by atoms with E-state index in [1.54, 1.807) is 6.07 Å². The average molecular weight is 198 g/mol. The maximum absolute atomic E-state index is 10.5. The molecule has 1 aromatic rings. The van der Waals surface area contributed by atoms with Crippen molar-refractivity contribution >= 4 is 28.5 Å². The monoisotopic (exact) mass is 198 g/mol. The van der Waals surface area contributed by atoms with E-state index in [4.69, 9.17) is 5.11 Å². The van der Waals surface area contributed by atoms with Crippen LogP contribution in [0.5, 0.6) is 0 Å². The van der Waals surface area contributed by atoms with Gasteiger partial charge in [-0.15, -0.1) is 0 Å². The molecule has 0 aliphatic rings. The highest BCUT2D eigenvalue weighted by Gasteiger charge is 2.04. The zero-order chi connectivity index (χ0) is 9.84. The Kier molecular flexibility index (Phi) is 3.08. The van der Waals surface area contributed by atoms with Gasteiger partial charge in [-0.1, -0.05) is 23.7 Å². The summed E-state index contributed by atoms with van der Waals surface area (Å²) in [5.41, 5.74) is 0.602. The molecule has 0 aliphatic heterocycles. The average Bonchev–Trinajstić information content (AvgIpc) is 2.03. The lowest BCUT2D eigenvalue weighted by molar-refractivity contribution is 0.0697. The second-order valence-electron chi connectivity index (χ2n) is 2.50. The lowest BCUT2D eigenvalue weighted by atomic mass is 9.93. The molecule has 0 amide bonds. The molecule has 0 fully saturated rings. The van der Waals surface area contributed by atoms with Gasteiger partial charge in [0.15, 0.2) is 0 Å². The van der Waals surface area contributed by atoms with Gasteiger partial charge < -0.3 is 5.11 Å². The number of benzene rings is 1. The Morgan fingerprint density at radius 2 is 2.08 bits per heavy atom. The quantitative estimate of drug-likeness (QED) is 0.481. The van der Waals surface area contributed by atoms with Crippen LogP contribution in [0.25, 0.3) is 0 Å². The first kappa shape index (κ1) is 9.79. The van der Waals surface area contributed by atoms with E-state index in [1.165, 1.54) is 18.2 Å². The molecule has 0 saturated heterocycles. The molecule has 1 N–H and O–H groups in total. The van der Waals surface area contributed by atoms with Gasteiger partial charge in [0.2, 0.25) is 0 Å². The van der Waals surface area contributed by atoms with Gasteiger partial charge in [0, 0.05) is 0 Å². The second kappa shape index (κ2) is 4.09. The van der Waals surface area contributed by atoms with Crippen molar-refractivity contribution in [3.63, 3.8) is 0 Å². The first-order chi connectivity index (χ1) is 6.09. The Morgan fingerprint density at radius 1 is 1.38 bits per heavy atom. The van der Waals surface area contributed by atoms with Crippen molar-refractivity contribution in [1.29, 1.82) is 0 Å². The van der Waals surface area contributed by atoms with Crippen molar-refractivity contribution in [3.05, 3.63) is 29.8 Å². The summed E-state index contributed by atoms with van der Waals surface area (Å²) in [6, 6.07) is 5.88. The Balaban J connectivity index is 2.98. The zero-order valence-electron chi connectivity index (χ0n) is 6.64. The topological polar surface area (TPSA) is 71.4 Å². The predicted octanol–water partition coefficient (Wildman–Crippen LogP) is -1.03. The summed E-state index contributed by atoms with van der Waals surface area (Å²) in [4.78, 5) is 10.5. The third kappa shape index (κ3) is 2.91. The van der Waals surface area contributed by atoms with E-state index in [9.17, 15) is 13.2 Å². The molecular formula is C7H7BO4S. The molecule has 0 bridgehead atoms. The van der Waals surface area contributed by atoms with E-state index in [1.807, 2.05) is 0 Å².